The van der Waals surface area contributed by atoms with Crippen LogP contribution in [0.25, 0.3) is 0 Å². The first-order valence-corrected chi connectivity index (χ1v) is 4.54. The van der Waals surface area contributed by atoms with Crippen LogP contribution in [0.5, 0.6) is 0 Å². The van der Waals surface area contributed by atoms with Crippen molar-refractivity contribution < 1.29 is 0 Å². The molecule has 2 atom stereocenters. The highest BCUT2D eigenvalue weighted by molar-refractivity contribution is 4.70. The van der Waals surface area contributed by atoms with Gasteiger partial charge in [-0.15, -0.1) is 0 Å². The van der Waals surface area contributed by atoms with E-state index in [0.29, 0.717) is 0 Å². The Bertz CT molecular complexity index is 78.7. The number of hydrogen-bond acceptors (Lipinski definition) is 1. The Kier molecular flexibility index (Phi) is 3.20. The van der Waals surface area contributed by atoms with Gasteiger partial charge >= 0.3 is 0 Å². The van der Waals surface area contributed by atoms with E-state index in [1.807, 2.05) is 0 Å². The summed E-state index contributed by atoms with van der Waals surface area (Å²) in [6.07, 6.45) is 5.64. The van der Waals surface area contributed by atoms with Crippen LogP contribution >= 0.6 is 0 Å². The average Bonchev–Trinajstić information content (AvgIpc) is 1.92. The van der Waals surface area contributed by atoms with Crippen LogP contribution in [-0.2, 0) is 0 Å². The second-order valence-corrected chi connectivity index (χ2v) is 3.57. The molecule has 1 heteroatoms. The second-order valence-electron chi connectivity index (χ2n) is 3.57. The third-order valence-corrected chi connectivity index (χ3v) is 2.66. The van der Waals surface area contributed by atoms with Crippen molar-refractivity contribution in [3.8, 4) is 0 Å². The normalized spacial score (nSPS) is 36.6. The van der Waals surface area contributed by atoms with E-state index in [-0.39, 0.29) is 0 Å². The zero-order valence-corrected chi connectivity index (χ0v) is 7.19. The third kappa shape index (κ3) is 2.30. The molecule has 0 bridgehead atoms. The van der Waals surface area contributed by atoms with Crippen molar-refractivity contribution in [1.29, 1.82) is 0 Å². The van der Waals surface area contributed by atoms with E-state index in [2.05, 4.69) is 19.2 Å². The second kappa shape index (κ2) is 3.97. The van der Waals surface area contributed by atoms with Gasteiger partial charge in [-0.25, -0.2) is 0 Å². The largest absolute Gasteiger partial charge is 0.314 e. The minimum atomic E-state index is 0.736. The Hall–Kier alpha value is -0.0400. The van der Waals surface area contributed by atoms with Gasteiger partial charge in [-0.1, -0.05) is 19.8 Å². The zero-order valence-electron chi connectivity index (χ0n) is 7.19. The highest BCUT2D eigenvalue weighted by atomic mass is 14.9. The minimum Gasteiger partial charge on any atom is -0.314 e. The van der Waals surface area contributed by atoms with Crippen molar-refractivity contribution in [3.05, 3.63) is 0 Å². The van der Waals surface area contributed by atoms with Crippen LogP contribution in [0.15, 0.2) is 0 Å². The van der Waals surface area contributed by atoms with E-state index < -0.39 is 0 Å². The molecule has 0 radical (unpaired) electrons. The first kappa shape index (κ1) is 8.06. The summed E-state index contributed by atoms with van der Waals surface area (Å²) in [6, 6.07) is 0.736. The van der Waals surface area contributed by atoms with Crippen LogP contribution in [0.1, 0.15) is 39.5 Å². The summed E-state index contributed by atoms with van der Waals surface area (Å²) in [5.74, 6) is 0.875. The zero-order chi connectivity index (χ0) is 7.40. The number of rotatable bonds is 0. The van der Waals surface area contributed by atoms with Gasteiger partial charge in [0.2, 0.25) is 0 Å². The maximum Gasteiger partial charge on any atom is 0.00643 e. The van der Waals surface area contributed by atoms with Crippen molar-refractivity contribution in [2.75, 3.05) is 6.54 Å². The molecule has 1 rings (SSSR count). The molecule has 0 saturated carbocycles. The van der Waals surface area contributed by atoms with Crippen LogP contribution in [-0.4, -0.2) is 12.6 Å². The molecule has 0 aromatic carbocycles. The summed E-state index contributed by atoms with van der Waals surface area (Å²) in [4.78, 5) is 0. The molecule has 1 aliphatic heterocycles. The smallest absolute Gasteiger partial charge is 0.00643 e. The standard InChI is InChI=1S/C9H19N/c1-8-6-4-3-5-7-10-9(8)2/h8-10H,3-7H2,1-2H3. The van der Waals surface area contributed by atoms with Gasteiger partial charge in [0, 0.05) is 6.04 Å². The van der Waals surface area contributed by atoms with Gasteiger partial charge in [-0.2, -0.15) is 0 Å². The predicted octanol–water partition coefficient (Wildman–Crippen LogP) is 2.17. The molecular formula is C9H19N. The van der Waals surface area contributed by atoms with E-state index >= 15 is 0 Å². The van der Waals surface area contributed by atoms with E-state index in [1.54, 1.807) is 0 Å². The lowest BCUT2D eigenvalue weighted by Gasteiger charge is -2.23. The Labute approximate surface area is 64.2 Å². The van der Waals surface area contributed by atoms with Crippen molar-refractivity contribution >= 4 is 0 Å². The summed E-state index contributed by atoms with van der Waals surface area (Å²) >= 11 is 0. The quantitative estimate of drug-likeness (QED) is 0.545. The molecular weight excluding hydrogens is 122 g/mol. The van der Waals surface area contributed by atoms with Gasteiger partial charge in [-0.05, 0) is 32.2 Å². The molecule has 1 heterocycles. The van der Waals surface area contributed by atoms with Gasteiger partial charge in [0.25, 0.3) is 0 Å². The molecule has 0 aliphatic carbocycles. The minimum absolute atomic E-state index is 0.736. The maximum atomic E-state index is 3.53. The maximum absolute atomic E-state index is 3.53. The fraction of sp³-hybridized carbons (Fsp3) is 1.00. The molecule has 0 aromatic heterocycles. The van der Waals surface area contributed by atoms with Crippen LogP contribution < -0.4 is 5.32 Å². The molecule has 1 saturated heterocycles. The van der Waals surface area contributed by atoms with E-state index in [4.69, 9.17) is 0 Å². The fourth-order valence-electron chi connectivity index (χ4n) is 1.55. The van der Waals surface area contributed by atoms with Gasteiger partial charge in [0.15, 0.2) is 0 Å². The fourth-order valence-corrected chi connectivity index (χ4v) is 1.55. The molecule has 1 aliphatic rings. The lowest BCUT2D eigenvalue weighted by Crippen LogP contribution is -2.34. The molecule has 0 spiro atoms. The van der Waals surface area contributed by atoms with E-state index in [1.165, 1.54) is 32.2 Å². The highest BCUT2D eigenvalue weighted by Gasteiger charge is 2.12. The number of nitrogens with one attached hydrogen (secondary N) is 1. The van der Waals surface area contributed by atoms with E-state index in [0.717, 1.165) is 12.0 Å². The van der Waals surface area contributed by atoms with Crippen molar-refractivity contribution in [2.45, 2.75) is 45.6 Å². The van der Waals surface area contributed by atoms with Crippen LogP contribution in [0.2, 0.25) is 0 Å². The van der Waals surface area contributed by atoms with Gasteiger partial charge in [0.05, 0.1) is 0 Å². The number of hydrogen-bond donors (Lipinski definition) is 1. The summed E-state index contributed by atoms with van der Waals surface area (Å²) in [5, 5.41) is 3.53. The summed E-state index contributed by atoms with van der Waals surface area (Å²) in [5.41, 5.74) is 0. The lowest BCUT2D eigenvalue weighted by molar-refractivity contribution is 0.340. The SMILES string of the molecule is CC1CCCCCNC1C. The van der Waals surface area contributed by atoms with Crippen LogP contribution in [0.3, 0.4) is 0 Å². The van der Waals surface area contributed by atoms with Gasteiger partial charge in [0.1, 0.15) is 0 Å². The van der Waals surface area contributed by atoms with Crippen molar-refractivity contribution in [1.82, 2.24) is 5.32 Å². The summed E-state index contributed by atoms with van der Waals surface area (Å²) < 4.78 is 0. The molecule has 0 amide bonds. The Morgan fingerprint density at radius 1 is 1.10 bits per heavy atom. The van der Waals surface area contributed by atoms with Crippen molar-refractivity contribution in [2.24, 2.45) is 5.92 Å². The molecule has 1 fully saturated rings. The molecule has 1 N–H and O–H groups in total. The van der Waals surface area contributed by atoms with Gasteiger partial charge < -0.3 is 5.32 Å². The third-order valence-electron chi connectivity index (χ3n) is 2.66. The molecule has 2 unspecified atom stereocenters. The topological polar surface area (TPSA) is 12.0 Å². The first-order valence-electron chi connectivity index (χ1n) is 4.54. The Balaban J connectivity index is 2.28. The average molecular weight is 141 g/mol. The molecule has 10 heavy (non-hydrogen) atoms. The molecule has 0 aromatic rings. The van der Waals surface area contributed by atoms with Gasteiger partial charge in [-0.3, -0.25) is 0 Å². The summed E-state index contributed by atoms with van der Waals surface area (Å²) in [7, 11) is 0. The Morgan fingerprint density at radius 3 is 2.70 bits per heavy atom. The van der Waals surface area contributed by atoms with Crippen molar-refractivity contribution in [3.63, 3.8) is 0 Å². The van der Waals surface area contributed by atoms with Crippen LogP contribution in [0.4, 0.5) is 0 Å². The Morgan fingerprint density at radius 2 is 1.90 bits per heavy atom. The van der Waals surface area contributed by atoms with Crippen LogP contribution in [0, 0.1) is 5.92 Å². The summed E-state index contributed by atoms with van der Waals surface area (Å²) in [6.45, 7) is 5.88. The first-order chi connectivity index (χ1) is 4.80. The van der Waals surface area contributed by atoms with E-state index in [9.17, 15) is 0 Å². The monoisotopic (exact) mass is 141 g/mol. The predicted molar refractivity (Wildman–Crippen MR) is 45.1 cm³/mol. The highest BCUT2D eigenvalue weighted by Crippen LogP contribution is 2.15. The molecule has 60 valence electrons. The lowest BCUT2D eigenvalue weighted by atomic mass is 9.94. The molecule has 1 nitrogen and oxygen atoms in total.